The Morgan fingerprint density at radius 3 is 2.57 bits per heavy atom. The van der Waals surface area contributed by atoms with Gasteiger partial charge >= 0.3 is 0 Å². The lowest BCUT2D eigenvalue weighted by Crippen LogP contribution is -2.01. The SMILES string of the molecule is CCOc1cc(/C=N\n2c(Cc3ccc(OC)cc3)n[nH]c2=S)ccc1OC. The summed E-state index contributed by atoms with van der Waals surface area (Å²) >= 11 is 5.32. The molecule has 0 saturated carbocycles. The van der Waals surface area contributed by atoms with E-state index in [1.807, 2.05) is 49.4 Å². The number of hydrogen-bond donors (Lipinski definition) is 1. The number of aromatic nitrogens is 3. The van der Waals surface area contributed by atoms with Crippen LogP contribution in [0.25, 0.3) is 0 Å². The largest absolute Gasteiger partial charge is 0.497 e. The summed E-state index contributed by atoms with van der Waals surface area (Å²) in [5, 5.41) is 11.6. The van der Waals surface area contributed by atoms with Gasteiger partial charge in [-0.1, -0.05) is 12.1 Å². The molecule has 1 N–H and O–H groups in total. The first-order valence-electron chi connectivity index (χ1n) is 8.79. The van der Waals surface area contributed by atoms with Crippen molar-refractivity contribution in [2.75, 3.05) is 20.8 Å². The zero-order valence-electron chi connectivity index (χ0n) is 16.0. The van der Waals surface area contributed by atoms with Crippen LogP contribution >= 0.6 is 12.2 Å². The van der Waals surface area contributed by atoms with Crippen LogP contribution in [0.2, 0.25) is 0 Å². The first kappa shape index (κ1) is 19.6. The van der Waals surface area contributed by atoms with Crippen LogP contribution in [0.1, 0.15) is 23.9 Å². The van der Waals surface area contributed by atoms with E-state index in [0.717, 1.165) is 16.9 Å². The summed E-state index contributed by atoms with van der Waals surface area (Å²) in [6.45, 7) is 2.48. The minimum absolute atomic E-state index is 0.429. The Morgan fingerprint density at radius 1 is 1.11 bits per heavy atom. The van der Waals surface area contributed by atoms with Crippen LogP contribution in [0.15, 0.2) is 47.6 Å². The predicted molar refractivity (Wildman–Crippen MR) is 110 cm³/mol. The standard InChI is InChI=1S/C20H22N4O3S/c1-4-27-18-11-15(7-10-17(18)26-3)13-21-24-19(22-23-20(24)28)12-14-5-8-16(25-2)9-6-14/h5-11,13H,4,12H2,1-3H3,(H,23,28)/b21-13-. The highest BCUT2D eigenvalue weighted by Crippen LogP contribution is 2.27. The number of ether oxygens (including phenoxy) is 3. The number of rotatable bonds is 8. The molecule has 0 saturated heterocycles. The van der Waals surface area contributed by atoms with Crippen molar-refractivity contribution in [3.8, 4) is 17.2 Å². The van der Waals surface area contributed by atoms with E-state index in [4.69, 9.17) is 26.4 Å². The van der Waals surface area contributed by atoms with Crippen LogP contribution in [0.5, 0.6) is 17.2 Å². The molecule has 0 bridgehead atoms. The molecule has 0 aliphatic rings. The average Bonchev–Trinajstić information content (AvgIpc) is 3.06. The van der Waals surface area contributed by atoms with Gasteiger partial charge in [0, 0.05) is 6.42 Å². The molecule has 0 aliphatic heterocycles. The summed E-state index contributed by atoms with van der Waals surface area (Å²) in [7, 11) is 3.26. The van der Waals surface area contributed by atoms with E-state index in [1.54, 1.807) is 25.1 Å². The summed E-state index contributed by atoms with van der Waals surface area (Å²) in [6.07, 6.45) is 2.30. The van der Waals surface area contributed by atoms with Gasteiger partial charge in [-0.15, -0.1) is 0 Å². The van der Waals surface area contributed by atoms with Crippen molar-refractivity contribution in [1.82, 2.24) is 14.9 Å². The molecular weight excluding hydrogens is 376 g/mol. The highest BCUT2D eigenvalue weighted by atomic mass is 32.1. The van der Waals surface area contributed by atoms with Crippen molar-refractivity contribution in [2.45, 2.75) is 13.3 Å². The van der Waals surface area contributed by atoms with Crippen LogP contribution in [0.3, 0.4) is 0 Å². The van der Waals surface area contributed by atoms with Crippen molar-refractivity contribution in [3.05, 3.63) is 64.2 Å². The molecule has 7 nitrogen and oxygen atoms in total. The molecule has 3 rings (SSSR count). The normalized spacial score (nSPS) is 11.0. The van der Waals surface area contributed by atoms with Gasteiger partial charge in [0.05, 0.1) is 27.0 Å². The number of methoxy groups -OCH3 is 2. The van der Waals surface area contributed by atoms with Crippen molar-refractivity contribution in [2.24, 2.45) is 5.10 Å². The van der Waals surface area contributed by atoms with Gasteiger partial charge in [-0.2, -0.15) is 14.9 Å². The first-order valence-corrected chi connectivity index (χ1v) is 9.19. The van der Waals surface area contributed by atoms with Gasteiger partial charge in [-0.05, 0) is 60.6 Å². The van der Waals surface area contributed by atoms with Crippen LogP contribution < -0.4 is 14.2 Å². The first-order chi connectivity index (χ1) is 13.6. The lowest BCUT2D eigenvalue weighted by Gasteiger charge is -2.09. The van der Waals surface area contributed by atoms with E-state index >= 15 is 0 Å². The number of H-pyrrole nitrogens is 1. The Labute approximate surface area is 168 Å². The van der Waals surface area contributed by atoms with Gasteiger partial charge < -0.3 is 14.2 Å². The highest BCUT2D eigenvalue weighted by molar-refractivity contribution is 7.71. The lowest BCUT2D eigenvalue weighted by molar-refractivity contribution is 0.311. The zero-order chi connectivity index (χ0) is 19.9. The van der Waals surface area contributed by atoms with E-state index in [2.05, 4.69) is 15.3 Å². The third kappa shape index (κ3) is 4.58. The second-order valence-electron chi connectivity index (χ2n) is 5.87. The summed E-state index contributed by atoms with van der Waals surface area (Å²) in [4.78, 5) is 0. The monoisotopic (exact) mass is 398 g/mol. The molecule has 2 aromatic carbocycles. The fourth-order valence-corrected chi connectivity index (χ4v) is 2.85. The molecule has 146 valence electrons. The summed E-state index contributed by atoms with van der Waals surface area (Å²) in [5.74, 6) is 2.87. The number of nitrogens with zero attached hydrogens (tertiary/aromatic N) is 3. The molecule has 28 heavy (non-hydrogen) atoms. The van der Waals surface area contributed by atoms with Gasteiger partial charge in [0.1, 0.15) is 5.75 Å². The number of hydrogen-bond acceptors (Lipinski definition) is 6. The minimum Gasteiger partial charge on any atom is -0.497 e. The van der Waals surface area contributed by atoms with E-state index in [0.29, 0.717) is 35.1 Å². The number of benzene rings is 2. The van der Waals surface area contributed by atoms with Gasteiger partial charge in [0.25, 0.3) is 0 Å². The highest BCUT2D eigenvalue weighted by Gasteiger charge is 2.08. The molecule has 0 radical (unpaired) electrons. The molecular formula is C20H22N4O3S. The second kappa shape index (κ2) is 9.18. The second-order valence-corrected chi connectivity index (χ2v) is 6.26. The van der Waals surface area contributed by atoms with Gasteiger partial charge in [-0.25, -0.2) is 0 Å². The molecule has 1 aromatic heterocycles. The van der Waals surface area contributed by atoms with Crippen LogP contribution in [0, 0.1) is 4.77 Å². The third-order valence-corrected chi connectivity index (χ3v) is 4.31. The van der Waals surface area contributed by atoms with Crippen molar-refractivity contribution >= 4 is 18.4 Å². The predicted octanol–water partition coefficient (Wildman–Crippen LogP) is 3.83. The zero-order valence-corrected chi connectivity index (χ0v) is 16.8. The molecule has 8 heteroatoms. The van der Waals surface area contributed by atoms with Crippen LogP contribution in [-0.4, -0.2) is 41.9 Å². The summed E-state index contributed by atoms with van der Waals surface area (Å²) < 4.78 is 18.2. The van der Waals surface area contributed by atoms with Crippen molar-refractivity contribution < 1.29 is 14.2 Å². The molecule has 1 heterocycles. The van der Waals surface area contributed by atoms with Gasteiger partial charge in [0.2, 0.25) is 4.77 Å². The van der Waals surface area contributed by atoms with Crippen molar-refractivity contribution in [3.63, 3.8) is 0 Å². The maximum Gasteiger partial charge on any atom is 0.216 e. The third-order valence-electron chi connectivity index (χ3n) is 4.05. The quantitative estimate of drug-likeness (QED) is 0.461. The fraction of sp³-hybridized carbons (Fsp3) is 0.250. The van der Waals surface area contributed by atoms with E-state index in [1.165, 1.54) is 0 Å². The topological polar surface area (TPSA) is 73.7 Å². The van der Waals surface area contributed by atoms with E-state index < -0.39 is 0 Å². The van der Waals surface area contributed by atoms with Crippen LogP contribution in [-0.2, 0) is 6.42 Å². The maximum atomic E-state index is 5.61. The molecule has 0 aliphatic carbocycles. The average molecular weight is 398 g/mol. The molecule has 0 atom stereocenters. The van der Waals surface area contributed by atoms with E-state index in [9.17, 15) is 0 Å². The molecule has 0 unspecified atom stereocenters. The Kier molecular flexibility index (Phi) is 6.44. The summed E-state index contributed by atoms with van der Waals surface area (Å²) in [6, 6.07) is 13.4. The van der Waals surface area contributed by atoms with E-state index in [-0.39, 0.29) is 0 Å². The minimum atomic E-state index is 0.429. The number of aromatic amines is 1. The van der Waals surface area contributed by atoms with Crippen LogP contribution in [0.4, 0.5) is 0 Å². The maximum absolute atomic E-state index is 5.61. The molecule has 0 fully saturated rings. The summed E-state index contributed by atoms with van der Waals surface area (Å²) in [5.41, 5.74) is 1.94. The molecule has 0 spiro atoms. The Bertz CT molecular complexity index is 1010. The van der Waals surface area contributed by atoms with Gasteiger partial charge in [0.15, 0.2) is 17.3 Å². The lowest BCUT2D eigenvalue weighted by atomic mass is 10.1. The van der Waals surface area contributed by atoms with Gasteiger partial charge in [-0.3, -0.25) is 5.10 Å². The molecule has 3 aromatic rings. The smallest absolute Gasteiger partial charge is 0.216 e. The fourth-order valence-electron chi connectivity index (χ4n) is 2.65. The van der Waals surface area contributed by atoms with Crippen molar-refractivity contribution in [1.29, 1.82) is 0 Å². The Hall–Kier alpha value is -3.13. The Morgan fingerprint density at radius 2 is 1.89 bits per heavy atom. The number of nitrogens with one attached hydrogen (secondary N) is 1. The Balaban J connectivity index is 1.83. The molecule has 0 amide bonds.